The molecular formula is C21H25N3O4. The highest BCUT2D eigenvalue weighted by Crippen LogP contribution is 2.11. The van der Waals surface area contributed by atoms with Crippen molar-refractivity contribution in [3.63, 3.8) is 0 Å². The van der Waals surface area contributed by atoms with Gasteiger partial charge in [-0.15, -0.1) is 0 Å². The summed E-state index contributed by atoms with van der Waals surface area (Å²) in [5, 5.41) is 6.71. The molecule has 2 aromatic rings. The molecule has 0 atom stereocenters. The van der Waals surface area contributed by atoms with Crippen molar-refractivity contribution in [1.29, 1.82) is 0 Å². The highest BCUT2D eigenvalue weighted by atomic mass is 16.6. The second-order valence-electron chi connectivity index (χ2n) is 6.15. The third-order valence-electron chi connectivity index (χ3n) is 3.86. The van der Waals surface area contributed by atoms with E-state index in [1.165, 1.54) is 0 Å². The van der Waals surface area contributed by atoms with E-state index in [2.05, 4.69) is 15.8 Å². The minimum Gasteiger partial charge on any atom is -0.497 e. The van der Waals surface area contributed by atoms with Crippen LogP contribution in [0.2, 0.25) is 0 Å². The van der Waals surface area contributed by atoms with Crippen LogP contribution in [-0.4, -0.2) is 31.4 Å². The summed E-state index contributed by atoms with van der Waals surface area (Å²) in [5.41, 5.74) is 4.76. The summed E-state index contributed by atoms with van der Waals surface area (Å²) < 4.78 is 10.1. The number of rotatable bonds is 9. The van der Waals surface area contributed by atoms with Gasteiger partial charge in [0.2, 0.25) is 5.91 Å². The monoisotopic (exact) mass is 383 g/mol. The van der Waals surface area contributed by atoms with Crippen molar-refractivity contribution in [1.82, 2.24) is 10.7 Å². The van der Waals surface area contributed by atoms with E-state index < -0.39 is 6.09 Å². The van der Waals surface area contributed by atoms with Gasteiger partial charge >= 0.3 is 6.09 Å². The third-order valence-corrected chi connectivity index (χ3v) is 3.86. The van der Waals surface area contributed by atoms with Gasteiger partial charge in [-0.3, -0.25) is 4.79 Å². The molecule has 2 N–H and O–H groups in total. The van der Waals surface area contributed by atoms with Gasteiger partial charge in [0, 0.05) is 12.3 Å². The van der Waals surface area contributed by atoms with Gasteiger partial charge in [-0.2, -0.15) is 5.10 Å². The molecule has 0 aliphatic rings. The first-order chi connectivity index (χ1) is 13.6. The van der Waals surface area contributed by atoms with Gasteiger partial charge in [-0.1, -0.05) is 42.5 Å². The predicted molar refractivity (Wildman–Crippen MR) is 107 cm³/mol. The molecule has 0 unspecified atom stereocenters. The maximum atomic E-state index is 11.9. The Morgan fingerprint density at radius 3 is 2.39 bits per heavy atom. The van der Waals surface area contributed by atoms with Crippen LogP contribution in [0.4, 0.5) is 4.79 Å². The maximum Gasteiger partial charge on any atom is 0.428 e. The van der Waals surface area contributed by atoms with Crippen LogP contribution in [0, 0.1) is 0 Å². The molecule has 0 saturated heterocycles. The molecule has 148 valence electrons. The van der Waals surface area contributed by atoms with Crippen molar-refractivity contribution in [2.75, 3.05) is 13.7 Å². The van der Waals surface area contributed by atoms with Crippen LogP contribution in [0.3, 0.4) is 0 Å². The molecule has 2 amide bonds. The molecule has 0 saturated carbocycles. The Morgan fingerprint density at radius 2 is 1.71 bits per heavy atom. The van der Waals surface area contributed by atoms with Crippen LogP contribution in [0.5, 0.6) is 5.75 Å². The topological polar surface area (TPSA) is 89.0 Å². The molecule has 0 heterocycles. The van der Waals surface area contributed by atoms with Crippen molar-refractivity contribution in [2.45, 2.75) is 26.4 Å². The Bertz CT molecular complexity index is 789. The number of ether oxygens (including phenoxy) is 2. The lowest BCUT2D eigenvalue weighted by atomic mass is 10.1. The lowest BCUT2D eigenvalue weighted by Gasteiger charge is -2.07. The Morgan fingerprint density at radius 1 is 1.00 bits per heavy atom. The van der Waals surface area contributed by atoms with E-state index in [4.69, 9.17) is 9.47 Å². The van der Waals surface area contributed by atoms with Gasteiger partial charge in [0.1, 0.15) is 12.4 Å². The average molecular weight is 383 g/mol. The average Bonchev–Trinajstić information content (AvgIpc) is 2.72. The van der Waals surface area contributed by atoms with E-state index in [1.54, 1.807) is 38.3 Å². The number of methoxy groups -OCH3 is 1. The highest BCUT2D eigenvalue weighted by Gasteiger charge is 2.06. The number of carbonyl (C=O) groups excluding carboxylic acids is 2. The van der Waals surface area contributed by atoms with Gasteiger partial charge in [0.15, 0.2) is 0 Å². The van der Waals surface area contributed by atoms with Gasteiger partial charge < -0.3 is 14.8 Å². The zero-order chi connectivity index (χ0) is 20.2. The van der Waals surface area contributed by atoms with Crippen molar-refractivity contribution < 1.29 is 19.1 Å². The molecule has 2 rings (SSSR count). The molecule has 0 fully saturated rings. The van der Waals surface area contributed by atoms with Crippen molar-refractivity contribution in [3.05, 3.63) is 65.7 Å². The maximum absolute atomic E-state index is 11.9. The van der Waals surface area contributed by atoms with Crippen molar-refractivity contribution in [3.8, 4) is 5.75 Å². The minimum atomic E-state index is -0.681. The molecule has 0 bridgehead atoms. The Labute approximate surface area is 164 Å². The van der Waals surface area contributed by atoms with Gasteiger partial charge in [-0.25, -0.2) is 10.2 Å². The smallest absolute Gasteiger partial charge is 0.428 e. The lowest BCUT2D eigenvalue weighted by molar-refractivity contribution is -0.119. The number of amides is 2. The standard InChI is InChI=1S/C21H25N3O4/c1-16(14-20(25)22-13-12-17-6-4-3-5-7-17)23-24-21(26)28-15-18-8-10-19(27-2)11-9-18/h3-11H,12-15H2,1-2H3,(H,22,25)(H,24,26)/b23-16-. The Hall–Kier alpha value is -3.35. The third kappa shape index (κ3) is 7.90. The summed E-state index contributed by atoms with van der Waals surface area (Å²) in [6.07, 6.45) is 0.186. The second-order valence-corrected chi connectivity index (χ2v) is 6.15. The summed E-state index contributed by atoms with van der Waals surface area (Å²) in [6.45, 7) is 2.33. The molecule has 0 aliphatic heterocycles. The molecule has 0 spiro atoms. The number of nitrogens with zero attached hydrogens (tertiary/aromatic N) is 1. The number of hydrogen-bond acceptors (Lipinski definition) is 5. The normalized spacial score (nSPS) is 10.9. The zero-order valence-electron chi connectivity index (χ0n) is 16.1. The predicted octanol–water partition coefficient (Wildman–Crippen LogP) is 3.05. The van der Waals surface area contributed by atoms with E-state index in [0.29, 0.717) is 12.3 Å². The highest BCUT2D eigenvalue weighted by molar-refractivity contribution is 6.00. The molecule has 7 heteroatoms. The Balaban J connectivity index is 1.64. The van der Waals surface area contributed by atoms with E-state index in [9.17, 15) is 9.59 Å². The molecule has 0 radical (unpaired) electrons. The van der Waals surface area contributed by atoms with Crippen LogP contribution in [0.15, 0.2) is 59.7 Å². The van der Waals surface area contributed by atoms with Crippen LogP contribution >= 0.6 is 0 Å². The van der Waals surface area contributed by atoms with Crippen LogP contribution < -0.4 is 15.5 Å². The first-order valence-electron chi connectivity index (χ1n) is 8.96. The first kappa shape index (κ1) is 21.0. The largest absolute Gasteiger partial charge is 0.497 e. The van der Waals surface area contributed by atoms with Gasteiger partial charge in [-0.05, 0) is 36.6 Å². The van der Waals surface area contributed by atoms with Gasteiger partial charge in [0.05, 0.1) is 13.5 Å². The molecule has 28 heavy (non-hydrogen) atoms. The molecule has 0 aromatic heterocycles. The van der Waals surface area contributed by atoms with Gasteiger partial charge in [0.25, 0.3) is 0 Å². The number of nitrogens with one attached hydrogen (secondary N) is 2. The minimum absolute atomic E-state index is 0.105. The van der Waals surface area contributed by atoms with E-state index in [-0.39, 0.29) is 18.9 Å². The SMILES string of the molecule is COc1ccc(COC(=O)N/N=C(/C)CC(=O)NCCc2ccccc2)cc1. The Kier molecular flexibility index (Phi) is 8.52. The summed E-state index contributed by atoms with van der Waals surface area (Å²) in [7, 11) is 1.59. The second kappa shape index (κ2) is 11.4. The van der Waals surface area contributed by atoms with Crippen molar-refractivity contribution >= 4 is 17.7 Å². The fourth-order valence-corrected chi connectivity index (χ4v) is 2.37. The van der Waals surface area contributed by atoms with E-state index >= 15 is 0 Å². The lowest BCUT2D eigenvalue weighted by Crippen LogP contribution is -2.28. The quantitative estimate of drug-likeness (QED) is 0.514. The molecule has 2 aromatic carbocycles. The van der Waals surface area contributed by atoms with E-state index in [1.807, 2.05) is 30.3 Å². The van der Waals surface area contributed by atoms with Crippen molar-refractivity contribution in [2.24, 2.45) is 5.10 Å². The summed E-state index contributed by atoms with van der Waals surface area (Å²) in [6, 6.07) is 17.1. The molecular weight excluding hydrogens is 358 g/mol. The number of carbonyl (C=O) groups is 2. The van der Waals surface area contributed by atoms with Crippen LogP contribution in [0.25, 0.3) is 0 Å². The fourth-order valence-electron chi connectivity index (χ4n) is 2.37. The number of benzene rings is 2. The zero-order valence-corrected chi connectivity index (χ0v) is 16.1. The molecule has 7 nitrogen and oxygen atoms in total. The first-order valence-corrected chi connectivity index (χ1v) is 8.96. The number of hydrazone groups is 1. The number of hydrogen-bond donors (Lipinski definition) is 2. The fraction of sp³-hybridized carbons (Fsp3) is 0.286. The molecule has 0 aliphatic carbocycles. The summed E-state index contributed by atoms with van der Waals surface area (Å²) in [5.74, 6) is 0.584. The van der Waals surface area contributed by atoms with E-state index in [0.717, 1.165) is 23.3 Å². The van der Waals surface area contributed by atoms with Crippen LogP contribution in [-0.2, 0) is 22.6 Å². The summed E-state index contributed by atoms with van der Waals surface area (Å²) >= 11 is 0. The summed E-state index contributed by atoms with van der Waals surface area (Å²) in [4.78, 5) is 23.6. The van der Waals surface area contributed by atoms with Crippen LogP contribution in [0.1, 0.15) is 24.5 Å².